The van der Waals surface area contributed by atoms with Crippen molar-refractivity contribution in [1.82, 2.24) is 10.2 Å². The number of hydrogen-bond donors (Lipinski definition) is 1. The van der Waals surface area contributed by atoms with Gasteiger partial charge in [-0.1, -0.05) is 11.3 Å². The molecule has 1 heterocycles. The highest BCUT2D eigenvalue weighted by atomic mass is 32.1. The normalized spacial score (nSPS) is 10.4. The molecule has 0 radical (unpaired) electrons. The fourth-order valence-electron chi connectivity index (χ4n) is 2.05. The van der Waals surface area contributed by atoms with Crippen molar-refractivity contribution in [2.75, 3.05) is 5.32 Å². The summed E-state index contributed by atoms with van der Waals surface area (Å²) in [6.45, 7) is 1.65. The molecule has 26 heavy (non-hydrogen) atoms. The summed E-state index contributed by atoms with van der Waals surface area (Å²) in [5.74, 6) is -0.235. The second kappa shape index (κ2) is 7.83. The molecule has 3 aromatic rings. The van der Waals surface area contributed by atoms with Gasteiger partial charge >= 0.3 is 0 Å². The van der Waals surface area contributed by atoms with Gasteiger partial charge in [0, 0.05) is 11.3 Å². The van der Waals surface area contributed by atoms with Gasteiger partial charge in [0.05, 0.1) is 0 Å². The van der Waals surface area contributed by atoms with Crippen molar-refractivity contribution in [2.24, 2.45) is 0 Å². The van der Waals surface area contributed by atoms with Crippen LogP contribution in [0, 0.1) is 5.82 Å². The second-order valence-corrected chi connectivity index (χ2v) is 6.39. The Bertz CT molecular complexity index is 924. The highest BCUT2D eigenvalue weighted by Crippen LogP contribution is 2.17. The summed E-state index contributed by atoms with van der Waals surface area (Å²) in [5.41, 5.74) is 1.07. The summed E-state index contributed by atoms with van der Waals surface area (Å²) in [6.07, 6.45) is 0. The number of halogens is 1. The largest absolute Gasteiger partial charge is 0.486 e. The van der Waals surface area contributed by atoms with Crippen LogP contribution in [0.1, 0.15) is 32.1 Å². The summed E-state index contributed by atoms with van der Waals surface area (Å²) < 4.78 is 18.4. The Morgan fingerprint density at radius 2 is 1.77 bits per heavy atom. The maximum atomic E-state index is 12.9. The maximum Gasteiger partial charge on any atom is 0.286 e. The van der Waals surface area contributed by atoms with Gasteiger partial charge in [0.15, 0.2) is 10.8 Å². The van der Waals surface area contributed by atoms with Crippen LogP contribution in [0.2, 0.25) is 0 Å². The summed E-state index contributed by atoms with van der Waals surface area (Å²) in [5, 5.41) is 11.1. The van der Waals surface area contributed by atoms with Crippen LogP contribution in [0.15, 0.2) is 48.5 Å². The molecular weight excluding hydrogens is 357 g/mol. The third kappa shape index (κ3) is 4.48. The zero-order chi connectivity index (χ0) is 18.5. The van der Waals surface area contributed by atoms with Crippen LogP contribution < -0.4 is 10.1 Å². The summed E-state index contributed by atoms with van der Waals surface area (Å²) >= 11 is 1.10. The van der Waals surface area contributed by atoms with Crippen molar-refractivity contribution in [2.45, 2.75) is 13.5 Å². The molecule has 132 valence electrons. The van der Waals surface area contributed by atoms with Gasteiger partial charge in [-0.25, -0.2) is 4.39 Å². The molecule has 6 nitrogen and oxygen atoms in total. The van der Waals surface area contributed by atoms with Crippen molar-refractivity contribution in [1.29, 1.82) is 0 Å². The fourth-order valence-corrected chi connectivity index (χ4v) is 2.70. The van der Waals surface area contributed by atoms with Crippen molar-refractivity contribution < 1.29 is 18.7 Å². The third-order valence-electron chi connectivity index (χ3n) is 3.39. The molecule has 0 aliphatic rings. The highest BCUT2D eigenvalue weighted by Gasteiger charge is 2.13. The van der Waals surface area contributed by atoms with Crippen LogP contribution in [0.3, 0.4) is 0 Å². The Labute approximate surface area is 152 Å². The lowest BCUT2D eigenvalue weighted by atomic mass is 10.1. The van der Waals surface area contributed by atoms with E-state index in [0.717, 1.165) is 11.3 Å². The Kier molecular flexibility index (Phi) is 5.33. The van der Waals surface area contributed by atoms with Crippen LogP contribution in [0.5, 0.6) is 5.75 Å². The minimum atomic E-state index is -0.425. The summed E-state index contributed by atoms with van der Waals surface area (Å²) in [7, 11) is 0. The van der Waals surface area contributed by atoms with E-state index in [0.29, 0.717) is 22.0 Å². The number of anilines is 1. The average molecular weight is 371 g/mol. The second-order valence-electron chi connectivity index (χ2n) is 5.33. The molecule has 0 aliphatic heterocycles. The average Bonchev–Trinajstić information content (AvgIpc) is 3.11. The van der Waals surface area contributed by atoms with Gasteiger partial charge in [0.2, 0.25) is 5.01 Å². The number of carbonyl (C=O) groups excluding carboxylic acids is 2. The monoisotopic (exact) mass is 371 g/mol. The minimum Gasteiger partial charge on any atom is -0.486 e. The lowest BCUT2D eigenvalue weighted by molar-refractivity contribution is 0.101. The Balaban J connectivity index is 1.57. The van der Waals surface area contributed by atoms with Gasteiger partial charge in [0.25, 0.3) is 5.91 Å². The van der Waals surface area contributed by atoms with Gasteiger partial charge in [-0.3, -0.25) is 9.59 Å². The quantitative estimate of drug-likeness (QED) is 0.668. The van der Waals surface area contributed by atoms with Gasteiger partial charge in [0.1, 0.15) is 18.2 Å². The third-order valence-corrected chi connectivity index (χ3v) is 4.28. The first kappa shape index (κ1) is 17.7. The lowest BCUT2D eigenvalue weighted by Gasteiger charge is -2.04. The maximum absolute atomic E-state index is 12.9. The number of amides is 1. The molecule has 0 bridgehead atoms. The van der Waals surface area contributed by atoms with E-state index in [1.165, 1.54) is 31.2 Å². The fraction of sp³-hybridized carbons (Fsp3) is 0.111. The van der Waals surface area contributed by atoms with E-state index in [4.69, 9.17) is 4.74 Å². The number of rotatable bonds is 6. The number of carbonyl (C=O) groups is 2. The van der Waals surface area contributed by atoms with E-state index >= 15 is 0 Å². The van der Waals surface area contributed by atoms with Gasteiger partial charge < -0.3 is 10.1 Å². The Hall–Kier alpha value is -3.13. The van der Waals surface area contributed by atoms with E-state index in [1.54, 1.807) is 24.3 Å². The standard InChI is InChI=1S/C18H14FN3O3S/c1-11(23)12-2-8-15(9-3-12)25-10-16-21-22-18(26-16)17(24)20-14-6-4-13(19)5-7-14/h2-9H,10H2,1H3,(H,20,24). The highest BCUT2D eigenvalue weighted by molar-refractivity contribution is 7.13. The molecule has 1 amide bonds. The zero-order valence-corrected chi connectivity index (χ0v) is 14.5. The molecule has 3 rings (SSSR count). The Morgan fingerprint density at radius 1 is 1.08 bits per heavy atom. The molecule has 1 N–H and O–H groups in total. The number of nitrogens with zero attached hydrogens (tertiary/aromatic N) is 2. The molecule has 0 saturated heterocycles. The molecule has 0 unspecified atom stereocenters. The molecule has 2 aromatic carbocycles. The molecule has 8 heteroatoms. The van der Waals surface area contributed by atoms with Crippen molar-refractivity contribution >= 4 is 28.7 Å². The van der Waals surface area contributed by atoms with Gasteiger partial charge in [-0.15, -0.1) is 10.2 Å². The first-order valence-electron chi connectivity index (χ1n) is 7.64. The zero-order valence-electron chi connectivity index (χ0n) is 13.7. The first-order valence-corrected chi connectivity index (χ1v) is 8.46. The van der Waals surface area contributed by atoms with E-state index in [2.05, 4.69) is 15.5 Å². The molecule has 0 aliphatic carbocycles. The molecule has 0 spiro atoms. The molecule has 0 atom stereocenters. The first-order chi connectivity index (χ1) is 12.5. The van der Waals surface area contributed by atoms with Crippen LogP contribution in [0.25, 0.3) is 0 Å². The number of nitrogens with one attached hydrogen (secondary N) is 1. The van der Waals surface area contributed by atoms with Crippen molar-refractivity contribution in [3.63, 3.8) is 0 Å². The Morgan fingerprint density at radius 3 is 2.42 bits per heavy atom. The van der Waals surface area contributed by atoms with E-state index < -0.39 is 5.91 Å². The summed E-state index contributed by atoms with van der Waals surface area (Å²) in [6, 6.07) is 12.2. The van der Waals surface area contributed by atoms with E-state index in [1.807, 2.05) is 0 Å². The van der Waals surface area contributed by atoms with Gasteiger partial charge in [-0.2, -0.15) is 0 Å². The van der Waals surface area contributed by atoms with Crippen LogP contribution >= 0.6 is 11.3 Å². The van der Waals surface area contributed by atoms with Crippen molar-refractivity contribution in [3.8, 4) is 5.75 Å². The number of ether oxygens (including phenoxy) is 1. The molecule has 0 fully saturated rings. The SMILES string of the molecule is CC(=O)c1ccc(OCc2nnc(C(=O)Nc3ccc(F)cc3)s2)cc1. The number of aromatic nitrogens is 2. The predicted molar refractivity (Wildman–Crippen MR) is 95.0 cm³/mol. The van der Waals surface area contributed by atoms with Crippen LogP contribution in [-0.2, 0) is 6.61 Å². The smallest absolute Gasteiger partial charge is 0.286 e. The predicted octanol–water partition coefficient (Wildman–Crippen LogP) is 3.71. The number of ketones is 1. The summed E-state index contributed by atoms with van der Waals surface area (Å²) in [4.78, 5) is 23.4. The van der Waals surface area contributed by atoms with Crippen LogP contribution in [0.4, 0.5) is 10.1 Å². The van der Waals surface area contributed by atoms with Crippen LogP contribution in [-0.4, -0.2) is 21.9 Å². The number of hydrogen-bond acceptors (Lipinski definition) is 6. The topological polar surface area (TPSA) is 81.2 Å². The molecule has 1 aromatic heterocycles. The lowest BCUT2D eigenvalue weighted by Crippen LogP contribution is -2.11. The van der Waals surface area contributed by atoms with E-state index in [-0.39, 0.29) is 23.2 Å². The molecular formula is C18H14FN3O3S. The van der Waals surface area contributed by atoms with E-state index in [9.17, 15) is 14.0 Å². The number of benzene rings is 2. The number of Topliss-reactive ketones (excluding diaryl/α,β-unsaturated/α-hetero) is 1. The minimum absolute atomic E-state index is 0.0162. The molecule has 0 saturated carbocycles. The van der Waals surface area contributed by atoms with Gasteiger partial charge in [-0.05, 0) is 55.5 Å². The van der Waals surface area contributed by atoms with Crippen molar-refractivity contribution in [3.05, 3.63) is 69.9 Å².